The molecule has 0 spiro atoms. The fourth-order valence-corrected chi connectivity index (χ4v) is 4.49. The maximum atomic E-state index is 13.0. The van der Waals surface area contributed by atoms with Crippen molar-refractivity contribution in [2.75, 3.05) is 19.8 Å². The van der Waals surface area contributed by atoms with E-state index >= 15 is 0 Å². The minimum atomic E-state index is -0.750. The van der Waals surface area contributed by atoms with Gasteiger partial charge in [0.1, 0.15) is 35.9 Å². The number of esters is 1. The van der Waals surface area contributed by atoms with Gasteiger partial charge < -0.3 is 29.3 Å². The molecule has 1 aromatic heterocycles. The molecule has 0 aliphatic carbocycles. The van der Waals surface area contributed by atoms with E-state index in [0.29, 0.717) is 25.3 Å². The molecule has 3 heterocycles. The number of nitrogens with zero attached hydrogens (tertiary/aromatic N) is 2. The van der Waals surface area contributed by atoms with Crippen molar-refractivity contribution in [3.63, 3.8) is 0 Å². The molecule has 2 aliphatic rings. The Bertz CT molecular complexity index is 1260. The highest BCUT2D eigenvalue weighted by atomic mass is 35.5. The first kappa shape index (κ1) is 28.6. The van der Waals surface area contributed by atoms with Crippen molar-refractivity contribution in [1.82, 2.24) is 4.98 Å². The highest BCUT2D eigenvalue weighted by Gasteiger charge is 2.38. The van der Waals surface area contributed by atoms with Crippen molar-refractivity contribution < 1.29 is 34.1 Å². The first-order valence-corrected chi connectivity index (χ1v) is 13.3. The minimum absolute atomic E-state index is 0.00312. The highest BCUT2D eigenvalue weighted by Crippen LogP contribution is 2.38. The summed E-state index contributed by atoms with van der Waals surface area (Å²) in [6, 6.07) is 6.99. The molecular formula is C29H33ClN2O7. The van der Waals surface area contributed by atoms with Gasteiger partial charge in [0, 0.05) is 36.9 Å². The maximum Gasteiger partial charge on any atom is 0.342 e. The van der Waals surface area contributed by atoms with E-state index in [0.717, 1.165) is 30.3 Å². The van der Waals surface area contributed by atoms with Crippen LogP contribution in [0.2, 0.25) is 5.02 Å². The second-order valence-electron chi connectivity index (χ2n) is 9.50. The Balaban J connectivity index is 1.41. The van der Waals surface area contributed by atoms with E-state index < -0.39 is 17.8 Å². The molecule has 2 N–H and O–H groups in total. The molecule has 39 heavy (non-hydrogen) atoms. The number of epoxide rings is 1. The number of oxime groups is 1. The van der Waals surface area contributed by atoms with Gasteiger partial charge >= 0.3 is 5.97 Å². The summed E-state index contributed by atoms with van der Waals surface area (Å²) in [6.07, 6.45) is 8.85. The molecule has 3 atom stereocenters. The number of carbonyl (C=O) groups is 1. The van der Waals surface area contributed by atoms with Crippen LogP contribution in [0, 0.1) is 6.92 Å². The molecule has 2 aliphatic heterocycles. The van der Waals surface area contributed by atoms with Crippen molar-refractivity contribution in [2.24, 2.45) is 5.16 Å². The lowest BCUT2D eigenvalue weighted by molar-refractivity contribution is 0.0306. The number of aromatic hydroxyl groups is 2. The molecule has 1 saturated heterocycles. The minimum Gasteiger partial charge on any atom is -0.507 e. The summed E-state index contributed by atoms with van der Waals surface area (Å²) in [5.74, 6) is -1.54. The molecule has 208 valence electrons. The lowest BCUT2D eigenvalue weighted by atomic mass is 9.99. The maximum absolute atomic E-state index is 13.0. The van der Waals surface area contributed by atoms with Crippen molar-refractivity contribution in [3.8, 4) is 11.5 Å². The molecule has 1 fully saturated rings. The average Bonchev–Trinajstić information content (AvgIpc) is 3.62. The molecule has 0 amide bonds. The number of hydrogen-bond acceptors (Lipinski definition) is 9. The predicted octanol–water partition coefficient (Wildman–Crippen LogP) is 4.85. The van der Waals surface area contributed by atoms with Gasteiger partial charge in [0.05, 0.1) is 23.4 Å². The number of allylic oxidation sites excluding steroid dienone is 3. The van der Waals surface area contributed by atoms with Gasteiger partial charge in [-0.3, -0.25) is 4.98 Å². The van der Waals surface area contributed by atoms with Gasteiger partial charge in [0.15, 0.2) is 0 Å². The molecule has 4 rings (SSSR count). The van der Waals surface area contributed by atoms with Gasteiger partial charge in [-0.2, -0.15) is 0 Å². The molecule has 0 radical (unpaired) electrons. The van der Waals surface area contributed by atoms with Gasteiger partial charge in [-0.1, -0.05) is 41.1 Å². The third-order valence-corrected chi connectivity index (χ3v) is 6.67. The third kappa shape index (κ3) is 8.29. The number of carbonyl (C=O) groups excluding carboxylic acids is 1. The molecule has 2 aromatic rings. The van der Waals surface area contributed by atoms with E-state index in [9.17, 15) is 15.0 Å². The van der Waals surface area contributed by atoms with Crippen LogP contribution < -0.4 is 0 Å². The molecule has 10 heteroatoms. The standard InChI is InChI=1S/C29H33ClN2O7/c1-18-7-5-9-20(31-18)10-6-12-36-13-14-37-32-21-8-3-4-11-25-26(39-25)15-19(2)38-29(35)27-22(16-21)28(30)24(34)17-23(27)33/h3-5,7-9,11,17,19,25-26,33-34H,6,10,12-16H2,1-2H3/b8-3+,11-4+,32-21+. The van der Waals surface area contributed by atoms with E-state index in [1.165, 1.54) is 0 Å². The third-order valence-electron chi connectivity index (χ3n) is 6.25. The van der Waals surface area contributed by atoms with Crippen LogP contribution in [-0.4, -0.2) is 65.0 Å². The number of hydrogen-bond donors (Lipinski definition) is 2. The molecular weight excluding hydrogens is 524 g/mol. The van der Waals surface area contributed by atoms with E-state index in [-0.39, 0.29) is 47.1 Å². The number of halogens is 1. The number of fused-ring (bicyclic) bond motifs is 2. The fraction of sp³-hybridized carbons (Fsp3) is 0.414. The van der Waals surface area contributed by atoms with Gasteiger partial charge in [0.2, 0.25) is 0 Å². The van der Waals surface area contributed by atoms with Crippen molar-refractivity contribution >= 4 is 23.3 Å². The number of benzene rings is 1. The van der Waals surface area contributed by atoms with E-state index in [1.807, 2.05) is 37.3 Å². The zero-order valence-corrected chi connectivity index (χ0v) is 22.8. The number of aromatic nitrogens is 1. The molecule has 9 nitrogen and oxygen atoms in total. The Morgan fingerprint density at radius 1 is 1.18 bits per heavy atom. The van der Waals surface area contributed by atoms with Crippen LogP contribution in [0.15, 0.2) is 53.7 Å². The zero-order chi connectivity index (χ0) is 27.8. The second kappa shape index (κ2) is 13.6. The topological polar surface area (TPSA) is 123 Å². The van der Waals surface area contributed by atoms with Crippen LogP contribution in [-0.2, 0) is 31.9 Å². The first-order valence-electron chi connectivity index (χ1n) is 13.0. The largest absolute Gasteiger partial charge is 0.507 e. The highest BCUT2D eigenvalue weighted by molar-refractivity contribution is 6.33. The van der Waals surface area contributed by atoms with Gasteiger partial charge in [-0.15, -0.1) is 0 Å². The van der Waals surface area contributed by atoms with Crippen LogP contribution in [0.5, 0.6) is 11.5 Å². The Kier molecular flexibility index (Phi) is 9.97. The monoisotopic (exact) mass is 556 g/mol. The SMILES string of the molecule is Cc1cccc(CCCOCCO\N=C2/C=C/C=C/C3OC3CC(C)OC(=O)c3c(O)cc(O)c(Cl)c3C2)n1. The Labute approximate surface area is 232 Å². The Hall–Kier alpha value is -3.40. The molecule has 3 unspecified atom stereocenters. The van der Waals surface area contributed by atoms with Crippen molar-refractivity contribution in [2.45, 2.75) is 57.8 Å². The summed E-state index contributed by atoms with van der Waals surface area (Å²) in [6.45, 7) is 4.83. The first-order chi connectivity index (χ1) is 18.8. The van der Waals surface area contributed by atoms with Gasteiger partial charge in [-0.05, 0) is 50.5 Å². The normalized spacial score (nSPS) is 23.7. The molecule has 0 bridgehead atoms. The quantitative estimate of drug-likeness (QED) is 0.205. The number of rotatable bonds is 8. The van der Waals surface area contributed by atoms with E-state index in [2.05, 4.69) is 10.1 Å². The molecule has 1 aromatic carbocycles. The Morgan fingerprint density at radius 3 is 2.85 bits per heavy atom. The summed E-state index contributed by atoms with van der Waals surface area (Å²) in [7, 11) is 0. The number of pyridine rings is 1. The van der Waals surface area contributed by atoms with Crippen molar-refractivity contribution in [1.29, 1.82) is 0 Å². The zero-order valence-electron chi connectivity index (χ0n) is 22.0. The summed E-state index contributed by atoms with van der Waals surface area (Å²) in [5, 5.41) is 24.8. The predicted molar refractivity (Wildman–Crippen MR) is 146 cm³/mol. The smallest absolute Gasteiger partial charge is 0.342 e. The number of phenolic OH excluding ortho intramolecular Hbond substituents is 2. The number of cyclic esters (lactones) is 1. The van der Waals surface area contributed by atoms with Crippen LogP contribution in [0.25, 0.3) is 0 Å². The van der Waals surface area contributed by atoms with E-state index in [4.69, 9.17) is 30.6 Å². The summed E-state index contributed by atoms with van der Waals surface area (Å²) < 4.78 is 16.8. The summed E-state index contributed by atoms with van der Waals surface area (Å²) >= 11 is 6.37. The lowest BCUT2D eigenvalue weighted by Gasteiger charge is -2.17. The fourth-order valence-electron chi connectivity index (χ4n) is 4.27. The summed E-state index contributed by atoms with van der Waals surface area (Å²) in [5.41, 5.74) is 2.49. The van der Waals surface area contributed by atoms with Crippen molar-refractivity contribution in [3.05, 3.63) is 76.1 Å². The van der Waals surface area contributed by atoms with Crippen LogP contribution >= 0.6 is 11.6 Å². The summed E-state index contributed by atoms with van der Waals surface area (Å²) in [4.78, 5) is 23.0. The van der Waals surface area contributed by atoms with Gasteiger partial charge in [-0.25, -0.2) is 4.79 Å². The van der Waals surface area contributed by atoms with Crippen LogP contribution in [0.1, 0.15) is 47.1 Å². The lowest BCUT2D eigenvalue weighted by Crippen LogP contribution is -2.20. The van der Waals surface area contributed by atoms with Gasteiger partial charge in [0.25, 0.3) is 0 Å². The Morgan fingerprint density at radius 2 is 2.03 bits per heavy atom. The van der Waals surface area contributed by atoms with Crippen LogP contribution in [0.4, 0.5) is 0 Å². The molecule has 0 saturated carbocycles. The second-order valence-corrected chi connectivity index (χ2v) is 9.87. The van der Waals surface area contributed by atoms with Crippen LogP contribution in [0.3, 0.4) is 0 Å². The number of aryl methyl sites for hydroxylation is 2. The average molecular weight is 557 g/mol. The number of ether oxygens (including phenoxy) is 3. The van der Waals surface area contributed by atoms with E-state index in [1.54, 1.807) is 19.1 Å². The number of phenols is 2.